The van der Waals surface area contributed by atoms with Crippen molar-refractivity contribution >= 4 is 23.2 Å². The number of alkyl halides is 3. The number of hydrogen-bond acceptors (Lipinski definition) is 7. The molecule has 2 aliphatic rings. The van der Waals surface area contributed by atoms with Gasteiger partial charge >= 0.3 is 6.36 Å². The van der Waals surface area contributed by atoms with E-state index in [2.05, 4.69) is 26.8 Å². The van der Waals surface area contributed by atoms with Crippen molar-refractivity contribution < 1.29 is 32.4 Å². The summed E-state index contributed by atoms with van der Waals surface area (Å²) in [6.45, 7) is 0.758. The fourth-order valence-corrected chi connectivity index (χ4v) is 6.25. The van der Waals surface area contributed by atoms with Gasteiger partial charge in [0.2, 0.25) is 5.91 Å². The van der Waals surface area contributed by atoms with Gasteiger partial charge < -0.3 is 24.4 Å². The number of non-ortho nitro benzene ring substituents is 1. The van der Waals surface area contributed by atoms with E-state index < -0.39 is 29.4 Å². The minimum Gasteiger partial charge on any atom is -0.406 e. The zero-order chi connectivity index (χ0) is 33.1. The Kier molecular flexibility index (Phi) is 8.83. The topological polar surface area (TPSA) is 125 Å². The molecule has 11 nitrogen and oxygen atoms in total. The number of benzene rings is 3. The van der Waals surface area contributed by atoms with Crippen molar-refractivity contribution in [1.29, 1.82) is 0 Å². The number of halogens is 3. The Bertz CT molecular complexity index is 1730. The number of unbranched alkanes of at least 4 members (excludes halogenated alkanes) is 1. The summed E-state index contributed by atoms with van der Waals surface area (Å²) in [6, 6.07) is 18.5. The molecular weight excluding hydrogens is 617 g/mol. The highest BCUT2D eigenvalue weighted by atomic mass is 19.4. The standard InChI is InChI=1S/C33H31F3N6O5/c34-33(35,36)47-26-12-9-23(10-13-26)19-40-28-14-11-25(42(45)46)17-27(28)31(43)41-29(16-24-18-37-21-38-24)32(44)39(20-30(40)41)15-5-4-8-22-6-2-1-3-7-22/h1-3,6-7,9-14,17-18,21,29-30H,4-5,8,15-16,19-20H2,(H,37,38)/t29-,30?/m0/s1. The van der Waals surface area contributed by atoms with Crippen LogP contribution in [-0.2, 0) is 24.2 Å². The van der Waals surface area contributed by atoms with E-state index in [0.717, 1.165) is 19.3 Å². The first-order valence-electron chi connectivity index (χ1n) is 15.1. The number of amides is 2. The Balaban J connectivity index is 1.34. The summed E-state index contributed by atoms with van der Waals surface area (Å²) in [4.78, 5) is 51.5. The molecule has 6 rings (SSSR count). The molecule has 0 saturated carbocycles. The van der Waals surface area contributed by atoms with Crippen LogP contribution in [0.3, 0.4) is 0 Å². The predicted octanol–water partition coefficient (Wildman–Crippen LogP) is 5.48. The minimum absolute atomic E-state index is 0.0613. The van der Waals surface area contributed by atoms with Crippen LogP contribution in [0.15, 0.2) is 85.3 Å². The lowest BCUT2D eigenvalue weighted by atomic mass is 9.95. The number of aromatic amines is 1. The molecule has 0 radical (unpaired) electrons. The molecule has 0 bridgehead atoms. The van der Waals surface area contributed by atoms with Gasteiger partial charge in [0.05, 0.1) is 29.0 Å². The monoisotopic (exact) mass is 648 g/mol. The van der Waals surface area contributed by atoms with Crippen molar-refractivity contribution in [3.05, 3.63) is 118 Å². The molecule has 244 valence electrons. The quantitative estimate of drug-likeness (QED) is 0.130. The van der Waals surface area contributed by atoms with E-state index in [1.54, 1.807) is 11.1 Å². The molecule has 47 heavy (non-hydrogen) atoms. The molecule has 14 heteroatoms. The summed E-state index contributed by atoms with van der Waals surface area (Å²) in [6.07, 6.45) is 0.113. The highest BCUT2D eigenvalue weighted by Gasteiger charge is 2.49. The van der Waals surface area contributed by atoms with Crippen molar-refractivity contribution in [1.82, 2.24) is 19.8 Å². The van der Waals surface area contributed by atoms with Gasteiger partial charge in [-0.2, -0.15) is 0 Å². The molecule has 0 spiro atoms. The fraction of sp³-hybridized carbons (Fsp3) is 0.303. The Morgan fingerprint density at radius 1 is 1.00 bits per heavy atom. The Hall–Kier alpha value is -5.40. The number of imidazole rings is 1. The van der Waals surface area contributed by atoms with Gasteiger partial charge in [-0.3, -0.25) is 19.7 Å². The Morgan fingerprint density at radius 2 is 1.77 bits per heavy atom. The summed E-state index contributed by atoms with van der Waals surface area (Å²) in [7, 11) is 0. The van der Waals surface area contributed by atoms with E-state index in [9.17, 15) is 32.9 Å². The molecule has 1 unspecified atom stereocenters. The summed E-state index contributed by atoms with van der Waals surface area (Å²) < 4.78 is 42.3. The van der Waals surface area contributed by atoms with Gasteiger partial charge in [0.15, 0.2) is 0 Å². The van der Waals surface area contributed by atoms with Gasteiger partial charge in [-0.15, -0.1) is 13.2 Å². The van der Waals surface area contributed by atoms with Gasteiger partial charge in [0.25, 0.3) is 11.6 Å². The van der Waals surface area contributed by atoms with E-state index in [-0.39, 0.29) is 42.4 Å². The van der Waals surface area contributed by atoms with Crippen LogP contribution in [0.2, 0.25) is 0 Å². The SMILES string of the molecule is O=C1[C@H](Cc2cnc[nH]2)N2C(=O)c3cc([N+](=O)[O-])ccc3N(Cc3ccc(OC(F)(F)F)cc3)C2CN1CCCCc1ccccc1. The first-order valence-corrected chi connectivity index (χ1v) is 15.1. The van der Waals surface area contributed by atoms with E-state index in [4.69, 9.17) is 0 Å². The maximum Gasteiger partial charge on any atom is 0.573 e. The van der Waals surface area contributed by atoms with Crippen LogP contribution < -0.4 is 9.64 Å². The van der Waals surface area contributed by atoms with Crippen molar-refractivity contribution in [2.75, 3.05) is 18.0 Å². The lowest BCUT2D eigenvalue weighted by Gasteiger charge is -2.53. The normalized spacial score (nSPS) is 17.8. The number of aryl methyl sites for hydroxylation is 1. The Labute approximate surface area is 267 Å². The number of nitrogens with one attached hydrogen (secondary N) is 1. The number of H-pyrrole nitrogens is 1. The van der Waals surface area contributed by atoms with Gasteiger partial charge in [-0.1, -0.05) is 42.5 Å². The maximum absolute atomic E-state index is 14.2. The van der Waals surface area contributed by atoms with Crippen molar-refractivity contribution in [3.8, 4) is 5.75 Å². The number of fused-ring (bicyclic) bond motifs is 2. The molecule has 2 aliphatic heterocycles. The first kappa shape index (κ1) is 31.6. The molecule has 4 aromatic rings. The van der Waals surface area contributed by atoms with Crippen molar-refractivity contribution in [2.24, 2.45) is 0 Å². The first-order chi connectivity index (χ1) is 22.6. The van der Waals surface area contributed by atoms with E-state index in [0.29, 0.717) is 23.5 Å². The third-order valence-corrected chi connectivity index (χ3v) is 8.43. The molecule has 1 N–H and O–H groups in total. The largest absolute Gasteiger partial charge is 0.573 e. The number of carbonyl (C=O) groups excluding carboxylic acids is 2. The molecule has 1 fully saturated rings. The molecule has 1 saturated heterocycles. The van der Waals surface area contributed by atoms with Crippen LogP contribution in [0.5, 0.6) is 5.75 Å². The average Bonchev–Trinajstić information content (AvgIpc) is 3.56. The lowest BCUT2D eigenvalue weighted by Crippen LogP contribution is -2.70. The number of carbonyl (C=O) groups is 2. The van der Waals surface area contributed by atoms with Gasteiger partial charge in [0.1, 0.15) is 18.0 Å². The van der Waals surface area contributed by atoms with Crippen LogP contribution >= 0.6 is 0 Å². The van der Waals surface area contributed by atoms with E-state index in [1.165, 1.54) is 59.3 Å². The molecule has 1 aromatic heterocycles. The van der Waals surface area contributed by atoms with E-state index >= 15 is 0 Å². The van der Waals surface area contributed by atoms with Gasteiger partial charge in [-0.25, -0.2) is 4.98 Å². The molecular formula is C33H31F3N6O5. The smallest absolute Gasteiger partial charge is 0.406 e. The highest BCUT2D eigenvalue weighted by Crippen LogP contribution is 2.39. The number of aromatic nitrogens is 2. The van der Waals surface area contributed by atoms with Crippen LogP contribution in [0.4, 0.5) is 24.5 Å². The minimum atomic E-state index is -4.84. The number of nitro benzene ring substituents is 1. The second-order valence-electron chi connectivity index (χ2n) is 11.5. The van der Waals surface area contributed by atoms with Crippen molar-refractivity contribution in [2.45, 2.75) is 50.8 Å². The zero-order valence-corrected chi connectivity index (χ0v) is 25.1. The second kappa shape index (κ2) is 13.1. The Morgan fingerprint density at radius 3 is 2.45 bits per heavy atom. The predicted molar refractivity (Wildman–Crippen MR) is 164 cm³/mol. The number of nitro groups is 1. The average molecular weight is 649 g/mol. The zero-order valence-electron chi connectivity index (χ0n) is 25.1. The number of hydrogen-bond donors (Lipinski definition) is 1. The number of rotatable bonds is 11. The second-order valence-corrected chi connectivity index (χ2v) is 11.5. The summed E-state index contributed by atoms with van der Waals surface area (Å²) in [5.41, 5.74) is 2.65. The summed E-state index contributed by atoms with van der Waals surface area (Å²) in [5, 5.41) is 11.7. The fourth-order valence-electron chi connectivity index (χ4n) is 6.25. The number of piperazine rings is 1. The van der Waals surface area contributed by atoms with Gasteiger partial charge in [-0.05, 0) is 48.6 Å². The maximum atomic E-state index is 14.2. The van der Waals surface area contributed by atoms with E-state index in [1.807, 2.05) is 23.1 Å². The van der Waals surface area contributed by atoms with Crippen LogP contribution in [-0.4, -0.2) is 68.2 Å². The summed E-state index contributed by atoms with van der Waals surface area (Å²) in [5.74, 6) is -1.14. The number of anilines is 1. The van der Waals surface area contributed by atoms with Crippen LogP contribution in [0.1, 0.15) is 40.0 Å². The molecule has 3 heterocycles. The highest BCUT2D eigenvalue weighted by molar-refractivity contribution is 6.05. The number of nitrogens with zero attached hydrogens (tertiary/aromatic N) is 5. The number of ether oxygens (including phenoxy) is 1. The molecule has 3 aromatic carbocycles. The summed E-state index contributed by atoms with van der Waals surface area (Å²) >= 11 is 0. The van der Waals surface area contributed by atoms with Crippen LogP contribution in [0.25, 0.3) is 0 Å². The van der Waals surface area contributed by atoms with Crippen molar-refractivity contribution in [3.63, 3.8) is 0 Å². The third kappa shape index (κ3) is 7.05. The molecule has 0 aliphatic carbocycles. The van der Waals surface area contributed by atoms with Crippen LogP contribution in [0, 0.1) is 10.1 Å². The molecule has 2 atom stereocenters. The van der Waals surface area contributed by atoms with Gasteiger partial charge in [0, 0.05) is 43.5 Å². The third-order valence-electron chi connectivity index (χ3n) is 8.43. The lowest BCUT2D eigenvalue weighted by molar-refractivity contribution is -0.384. The molecule has 2 amide bonds.